The van der Waals surface area contributed by atoms with E-state index < -0.39 is 0 Å². The predicted octanol–water partition coefficient (Wildman–Crippen LogP) is 4.13. The summed E-state index contributed by atoms with van der Waals surface area (Å²) < 4.78 is 0. The fourth-order valence-electron chi connectivity index (χ4n) is 3.52. The number of fused-ring (bicyclic) bond motifs is 1. The number of aryl methyl sites for hydroxylation is 2. The number of nitrogens with zero attached hydrogens (tertiary/aromatic N) is 1. The van der Waals surface area contributed by atoms with Crippen molar-refractivity contribution in [3.05, 3.63) is 71.4 Å². The summed E-state index contributed by atoms with van der Waals surface area (Å²) in [5.74, 6) is 0.0736. The Kier molecular flexibility index (Phi) is 4.10. The van der Waals surface area contributed by atoms with Crippen molar-refractivity contribution in [2.75, 3.05) is 5.32 Å². The normalized spacial score (nSPS) is 16.3. The number of hydrogen-bond acceptors (Lipinski definition) is 2. The maximum atomic E-state index is 12.7. The number of hydrogen-bond donors (Lipinski definition) is 2. The minimum Gasteiger partial charge on any atom is -0.326 e. The molecule has 4 heteroatoms. The zero-order valence-corrected chi connectivity index (χ0v) is 14.3. The molecule has 1 heterocycles. The Balaban J connectivity index is 1.54. The van der Waals surface area contributed by atoms with Crippen LogP contribution < -0.4 is 5.32 Å². The van der Waals surface area contributed by atoms with Crippen molar-refractivity contribution in [3.8, 4) is 11.3 Å². The first kappa shape index (κ1) is 15.6. The maximum Gasteiger partial charge on any atom is 0.227 e. The van der Waals surface area contributed by atoms with E-state index in [4.69, 9.17) is 0 Å². The van der Waals surface area contributed by atoms with Crippen molar-refractivity contribution in [1.82, 2.24) is 10.2 Å². The van der Waals surface area contributed by atoms with E-state index >= 15 is 0 Å². The van der Waals surface area contributed by atoms with Crippen LogP contribution in [0.4, 0.5) is 5.69 Å². The van der Waals surface area contributed by atoms with E-state index in [0.29, 0.717) is 0 Å². The largest absolute Gasteiger partial charge is 0.326 e. The topological polar surface area (TPSA) is 57.8 Å². The second-order valence-corrected chi connectivity index (χ2v) is 6.69. The molecule has 4 rings (SSSR count). The molecule has 1 aliphatic rings. The van der Waals surface area contributed by atoms with Crippen LogP contribution in [0.2, 0.25) is 0 Å². The molecule has 4 nitrogen and oxygen atoms in total. The van der Waals surface area contributed by atoms with Gasteiger partial charge in [-0.1, -0.05) is 42.5 Å². The molecule has 2 aromatic carbocycles. The maximum absolute atomic E-state index is 12.7. The van der Waals surface area contributed by atoms with Crippen molar-refractivity contribution in [2.45, 2.75) is 26.2 Å². The van der Waals surface area contributed by atoms with Gasteiger partial charge in [0.1, 0.15) is 0 Å². The van der Waals surface area contributed by atoms with Gasteiger partial charge in [-0.15, -0.1) is 0 Å². The molecule has 0 saturated heterocycles. The number of H-pyrrole nitrogens is 1. The summed E-state index contributed by atoms with van der Waals surface area (Å²) in [4.78, 5) is 12.7. The lowest BCUT2D eigenvalue weighted by atomic mass is 9.85. The highest BCUT2D eigenvalue weighted by molar-refractivity contribution is 5.93. The highest BCUT2D eigenvalue weighted by Crippen LogP contribution is 2.32. The van der Waals surface area contributed by atoms with Gasteiger partial charge >= 0.3 is 0 Å². The lowest BCUT2D eigenvalue weighted by Crippen LogP contribution is -2.28. The van der Waals surface area contributed by atoms with Crippen LogP contribution in [0.3, 0.4) is 0 Å². The van der Waals surface area contributed by atoms with Gasteiger partial charge < -0.3 is 5.32 Å². The number of nitrogens with one attached hydrogen (secondary N) is 2. The van der Waals surface area contributed by atoms with Gasteiger partial charge in [0, 0.05) is 28.4 Å². The van der Waals surface area contributed by atoms with Gasteiger partial charge in [-0.25, -0.2) is 0 Å². The van der Waals surface area contributed by atoms with Gasteiger partial charge in [0.2, 0.25) is 5.91 Å². The molecule has 126 valence electrons. The highest BCUT2D eigenvalue weighted by atomic mass is 16.1. The molecular weight excluding hydrogens is 310 g/mol. The molecule has 0 saturated carbocycles. The quantitative estimate of drug-likeness (QED) is 0.758. The molecule has 3 aromatic rings. The van der Waals surface area contributed by atoms with Crippen LogP contribution in [0.1, 0.15) is 23.2 Å². The van der Waals surface area contributed by atoms with Crippen LogP contribution in [0.15, 0.2) is 54.6 Å². The third-order valence-corrected chi connectivity index (χ3v) is 4.85. The second kappa shape index (κ2) is 6.55. The molecule has 2 N–H and O–H groups in total. The third kappa shape index (κ3) is 3.20. The molecule has 0 aliphatic heterocycles. The number of rotatable bonds is 3. The Morgan fingerprint density at radius 2 is 2.00 bits per heavy atom. The summed E-state index contributed by atoms with van der Waals surface area (Å²) in [5.41, 5.74) is 6.43. The minimum atomic E-state index is -0.0203. The SMILES string of the molecule is Cc1cccc(NC(=O)[C@@H]2CCc3[nH]nc(-c4ccccc4)c3C2)c1. The summed E-state index contributed by atoms with van der Waals surface area (Å²) in [5, 5.41) is 10.7. The average molecular weight is 331 g/mol. The summed E-state index contributed by atoms with van der Waals surface area (Å²) in [7, 11) is 0. The van der Waals surface area contributed by atoms with Gasteiger partial charge in [-0.05, 0) is 43.9 Å². The van der Waals surface area contributed by atoms with E-state index in [9.17, 15) is 4.79 Å². The van der Waals surface area contributed by atoms with Crippen LogP contribution in [0.25, 0.3) is 11.3 Å². The first-order chi connectivity index (χ1) is 12.2. The Morgan fingerprint density at radius 1 is 1.16 bits per heavy atom. The molecule has 1 aromatic heterocycles. The zero-order valence-electron chi connectivity index (χ0n) is 14.3. The van der Waals surface area contributed by atoms with Crippen LogP contribution in [-0.2, 0) is 17.6 Å². The number of carbonyl (C=O) groups is 1. The minimum absolute atomic E-state index is 0.0203. The van der Waals surface area contributed by atoms with Gasteiger partial charge in [0.15, 0.2) is 0 Å². The average Bonchev–Trinajstić information content (AvgIpc) is 3.05. The summed E-state index contributed by atoms with van der Waals surface area (Å²) in [6.07, 6.45) is 2.44. The Bertz CT molecular complexity index is 899. The van der Waals surface area contributed by atoms with Crippen molar-refractivity contribution < 1.29 is 4.79 Å². The lowest BCUT2D eigenvalue weighted by molar-refractivity contribution is -0.120. The molecule has 1 aliphatic carbocycles. The van der Waals surface area contributed by atoms with Crippen molar-refractivity contribution in [1.29, 1.82) is 0 Å². The van der Waals surface area contributed by atoms with E-state index in [0.717, 1.165) is 41.8 Å². The number of aromatic amines is 1. The van der Waals surface area contributed by atoms with Crippen LogP contribution in [-0.4, -0.2) is 16.1 Å². The predicted molar refractivity (Wildman–Crippen MR) is 99.3 cm³/mol. The van der Waals surface area contributed by atoms with E-state index in [1.807, 2.05) is 49.4 Å². The van der Waals surface area contributed by atoms with E-state index in [1.54, 1.807) is 0 Å². The molecule has 0 spiro atoms. The number of carbonyl (C=O) groups excluding carboxylic acids is 1. The zero-order chi connectivity index (χ0) is 17.2. The smallest absolute Gasteiger partial charge is 0.227 e. The number of aromatic nitrogens is 2. The molecule has 1 amide bonds. The molecule has 0 unspecified atom stereocenters. The Hall–Kier alpha value is -2.88. The van der Waals surface area contributed by atoms with Crippen molar-refractivity contribution in [3.63, 3.8) is 0 Å². The lowest BCUT2D eigenvalue weighted by Gasteiger charge is -2.22. The molecule has 0 fully saturated rings. The monoisotopic (exact) mass is 331 g/mol. The molecule has 0 bridgehead atoms. The molecule has 25 heavy (non-hydrogen) atoms. The molecule has 0 radical (unpaired) electrons. The van der Waals surface area contributed by atoms with Crippen LogP contribution in [0, 0.1) is 12.8 Å². The fraction of sp³-hybridized carbons (Fsp3) is 0.238. The van der Waals surface area contributed by atoms with Gasteiger partial charge in [0.25, 0.3) is 0 Å². The number of anilines is 1. The Morgan fingerprint density at radius 3 is 2.80 bits per heavy atom. The van der Waals surface area contributed by atoms with Gasteiger partial charge in [-0.2, -0.15) is 5.10 Å². The molecular formula is C21H21N3O. The summed E-state index contributed by atoms with van der Waals surface area (Å²) >= 11 is 0. The summed E-state index contributed by atoms with van der Waals surface area (Å²) in [6.45, 7) is 2.03. The number of amides is 1. The first-order valence-corrected chi connectivity index (χ1v) is 8.70. The molecule has 1 atom stereocenters. The standard InChI is InChI=1S/C21H21N3O/c1-14-6-5-9-17(12-14)22-21(25)16-10-11-19-18(13-16)20(24-23-19)15-7-3-2-4-8-15/h2-9,12,16H,10-11,13H2,1H3,(H,22,25)(H,23,24)/t16-/m1/s1. The second-order valence-electron chi connectivity index (χ2n) is 6.69. The van der Waals surface area contributed by atoms with Crippen LogP contribution >= 0.6 is 0 Å². The number of benzene rings is 2. The van der Waals surface area contributed by atoms with Crippen molar-refractivity contribution >= 4 is 11.6 Å². The van der Waals surface area contributed by atoms with E-state index in [1.165, 1.54) is 11.3 Å². The van der Waals surface area contributed by atoms with Gasteiger partial charge in [-0.3, -0.25) is 9.89 Å². The third-order valence-electron chi connectivity index (χ3n) is 4.85. The van der Waals surface area contributed by atoms with E-state index in [2.05, 4.69) is 27.6 Å². The van der Waals surface area contributed by atoms with Gasteiger partial charge in [0.05, 0.1) is 5.69 Å². The van der Waals surface area contributed by atoms with E-state index in [-0.39, 0.29) is 11.8 Å². The summed E-state index contributed by atoms with van der Waals surface area (Å²) in [6, 6.07) is 18.1. The fourth-order valence-corrected chi connectivity index (χ4v) is 3.52. The Labute approximate surface area is 147 Å². The van der Waals surface area contributed by atoms with Crippen LogP contribution in [0.5, 0.6) is 0 Å². The van der Waals surface area contributed by atoms with Crippen molar-refractivity contribution in [2.24, 2.45) is 5.92 Å². The highest BCUT2D eigenvalue weighted by Gasteiger charge is 2.28. The first-order valence-electron chi connectivity index (χ1n) is 8.70.